The first-order chi connectivity index (χ1) is 12.0. The maximum Gasteiger partial charge on any atom is 0.250 e. The molecule has 0 spiro atoms. The Balaban J connectivity index is 1.32. The van der Waals surface area contributed by atoms with Crippen LogP contribution in [0.15, 0.2) is 23.6 Å². The fraction of sp³-hybridized carbons (Fsp3) is 0.600. The first kappa shape index (κ1) is 17.2. The topological polar surface area (TPSA) is 41.1 Å². The molecule has 134 valence electrons. The zero-order valence-corrected chi connectivity index (χ0v) is 16.3. The summed E-state index contributed by atoms with van der Waals surface area (Å²) in [5.41, 5.74) is 0.385. The van der Waals surface area contributed by atoms with Gasteiger partial charge in [-0.15, -0.1) is 11.3 Å². The lowest BCUT2D eigenvalue weighted by Gasteiger charge is -2.59. The summed E-state index contributed by atoms with van der Waals surface area (Å²) in [7, 11) is 0. The molecule has 1 aromatic rings. The average Bonchev–Trinajstić information content (AvgIpc) is 3.05. The van der Waals surface area contributed by atoms with Gasteiger partial charge in [-0.25, -0.2) is 0 Å². The Hall–Kier alpha value is -1.20. The molecule has 0 aromatic carbocycles. The van der Waals surface area contributed by atoms with Crippen molar-refractivity contribution in [1.29, 1.82) is 0 Å². The minimum absolute atomic E-state index is 0.163. The van der Waals surface area contributed by atoms with Gasteiger partial charge in [0.15, 0.2) is 5.11 Å². The summed E-state index contributed by atoms with van der Waals surface area (Å²) < 4.78 is 0. The third-order valence-corrected chi connectivity index (χ3v) is 7.59. The van der Waals surface area contributed by atoms with Gasteiger partial charge in [-0.2, -0.15) is 0 Å². The summed E-state index contributed by atoms with van der Waals surface area (Å²) in [6, 6.07) is 4.29. The maximum absolute atomic E-state index is 12.1. The van der Waals surface area contributed by atoms with E-state index in [-0.39, 0.29) is 5.91 Å². The number of hydrogen-bond acceptors (Lipinski definition) is 3. The van der Waals surface area contributed by atoms with E-state index in [0.29, 0.717) is 16.6 Å². The SMILES string of the molecule is C[C@H](NC(=S)NC(=O)/C=C/c1cccs1)C12CC3CC(CC(C3)C1)C2. The largest absolute Gasteiger partial charge is 0.359 e. The molecule has 1 amide bonds. The number of thiocarbonyl (C=S) groups is 1. The third-order valence-electron chi connectivity index (χ3n) is 6.53. The normalized spacial score (nSPS) is 34.2. The van der Waals surface area contributed by atoms with Crippen molar-refractivity contribution in [2.75, 3.05) is 0 Å². The van der Waals surface area contributed by atoms with Gasteiger partial charge in [0.2, 0.25) is 5.91 Å². The van der Waals surface area contributed by atoms with Crippen molar-refractivity contribution in [1.82, 2.24) is 10.6 Å². The van der Waals surface area contributed by atoms with E-state index in [1.807, 2.05) is 23.6 Å². The predicted octanol–water partition coefficient (Wildman–Crippen LogP) is 4.36. The van der Waals surface area contributed by atoms with Gasteiger partial charge < -0.3 is 5.32 Å². The second kappa shape index (κ2) is 6.84. The molecule has 4 fully saturated rings. The minimum atomic E-state index is -0.163. The molecule has 4 aliphatic carbocycles. The van der Waals surface area contributed by atoms with Gasteiger partial charge >= 0.3 is 0 Å². The number of hydrogen-bond donors (Lipinski definition) is 2. The monoisotopic (exact) mass is 374 g/mol. The van der Waals surface area contributed by atoms with Crippen molar-refractivity contribution in [3.63, 3.8) is 0 Å². The van der Waals surface area contributed by atoms with Crippen LogP contribution in [-0.4, -0.2) is 17.1 Å². The van der Waals surface area contributed by atoms with E-state index in [1.54, 1.807) is 17.4 Å². The number of nitrogens with one attached hydrogen (secondary N) is 2. The lowest BCUT2D eigenvalue weighted by atomic mass is 9.48. The lowest BCUT2D eigenvalue weighted by molar-refractivity contribution is -0.115. The summed E-state index contributed by atoms with van der Waals surface area (Å²) >= 11 is 7.01. The lowest BCUT2D eigenvalue weighted by Crippen LogP contribution is -2.57. The summed E-state index contributed by atoms with van der Waals surface area (Å²) in [5, 5.41) is 8.69. The number of carbonyl (C=O) groups is 1. The van der Waals surface area contributed by atoms with E-state index < -0.39 is 0 Å². The highest BCUT2D eigenvalue weighted by Gasteiger charge is 2.53. The van der Waals surface area contributed by atoms with Gasteiger partial charge in [0.25, 0.3) is 0 Å². The standard InChI is InChI=1S/C20H26N2OS2/c1-13(20-10-14-7-15(11-20)9-16(8-14)12-20)21-19(24)22-18(23)5-4-17-3-2-6-25-17/h2-6,13-16H,7-12H2,1H3,(H2,21,22,23,24)/b5-4+/t13-,14?,15?,16?,20?/m0/s1. The minimum Gasteiger partial charge on any atom is -0.359 e. The van der Waals surface area contributed by atoms with Crippen LogP contribution in [0.3, 0.4) is 0 Å². The summed E-state index contributed by atoms with van der Waals surface area (Å²) in [4.78, 5) is 13.1. The molecule has 25 heavy (non-hydrogen) atoms. The fourth-order valence-corrected chi connectivity index (χ4v) is 6.69. The molecular weight excluding hydrogens is 348 g/mol. The molecule has 1 aromatic heterocycles. The summed E-state index contributed by atoms with van der Waals surface area (Å²) in [6.07, 6.45) is 11.7. The molecule has 0 radical (unpaired) electrons. The van der Waals surface area contributed by atoms with Gasteiger partial charge in [-0.05, 0) is 98.4 Å². The first-order valence-electron chi connectivity index (χ1n) is 9.35. The summed E-state index contributed by atoms with van der Waals surface area (Å²) in [5.74, 6) is 2.61. The highest BCUT2D eigenvalue weighted by molar-refractivity contribution is 7.80. The third kappa shape index (κ3) is 3.68. The maximum atomic E-state index is 12.1. The molecule has 4 saturated carbocycles. The molecule has 1 atom stereocenters. The van der Waals surface area contributed by atoms with E-state index in [4.69, 9.17) is 12.2 Å². The molecule has 0 saturated heterocycles. The van der Waals surface area contributed by atoms with Crippen molar-refractivity contribution in [2.24, 2.45) is 23.2 Å². The van der Waals surface area contributed by atoms with Crippen LogP contribution in [0.1, 0.15) is 50.3 Å². The molecule has 5 rings (SSSR count). The number of thiophene rings is 1. The molecule has 0 unspecified atom stereocenters. The highest BCUT2D eigenvalue weighted by atomic mass is 32.1. The zero-order valence-electron chi connectivity index (χ0n) is 14.7. The van der Waals surface area contributed by atoms with Crippen molar-refractivity contribution in [3.8, 4) is 0 Å². The van der Waals surface area contributed by atoms with Gasteiger partial charge in [0, 0.05) is 17.0 Å². The van der Waals surface area contributed by atoms with Crippen molar-refractivity contribution in [2.45, 2.75) is 51.5 Å². The molecular formula is C20H26N2OS2. The fourth-order valence-electron chi connectivity index (χ4n) is 5.79. The molecule has 2 N–H and O–H groups in total. The molecule has 4 aliphatic rings. The van der Waals surface area contributed by atoms with Crippen molar-refractivity contribution < 1.29 is 4.79 Å². The van der Waals surface area contributed by atoms with E-state index in [1.165, 1.54) is 38.5 Å². The number of amides is 1. The molecule has 4 bridgehead atoms. The van der Waals surface area contributed by atoms with E-state index >= 15 is 0 Å². The number of carbonyl (C=O) groups excluding carboxylic acids is 1. The van der Waals surface area contributed by atoms with Crippen LogP contribution in [0, 0.1) is 23.2 Å². The number of rotatable bonds is 4. The molecule has 1 heterocycles. The predicted molar refractivity (Wildman–Crippen MR) is 107 cm³/mol. The van der Waals surface area contributed by atoms with Crippen LogP contribution in [0.2, 0.25) is 0 Å². The van der Waals surface area contributed by atoms with Gasteiger partial charge in [0.1, 0.15) is 0 Å². The van der Waals surface area contributed by atoms with E-state index in [0.717, 1.165) is 22.6 Å². The van der Waals surface area contributed by atoms with Crippen LogP contribution in [0.25, 0.3) is 6.08 Å². The van der Waals surface area contributed by atoms with Crippen LogP contribution in [0.4, 0.5) is 0 Å². The smallest absolute Gasteiger partial charge is 0.250 e. The Labute approximate surface area is 159 Å². The quantitative estimate of drug-likeness (QED) is 0.608. The second-order valence-corrected chi connectivity index (χ2v) is 9.70. The van der Waals surface area contributed by atoms with E-state index in [2.05, 4.69) is 17.6 Å². The van der Waals surface area contributed by atoms with Gasteiger partial charge in [0.05, 0.1) is 0 Å². The molecule has 5 heteroatoms. The Bertz CT molecular complexity index is 645. The van der Waals surface area contributed by atoms with Crippen LogP contribution in [0.5, 0.6) is 0 Å². The van der Waals surface area contributed by atoms with Crippen LogP contribution >= 0.6 is 23.6 Å². The van der Waals surface area contributed by atoms with Gasteiger partial charge in [-0.1, -0.05) is 6.07 Å². The van der Waals surface area contributed by atoms with E-state index in [9.17, 15) is 4.79 Å². The van der Waals surface area contributed by atoms with Crippen molar-refractivity contribution >= 4 is 40.7 Å². The Morgan fingerprint density at radius 2 is 1.92 bits per heavy atom. The zero-order chi connectivity index (χ0) is 17.4. The highest BCUT2D eigenvalue weighted by Crippen LogP contribution is 2.61. The average molecular weight is 375 g/mol. The van der Waals surface area contributed by atoms with Crippen LogP contribution in [-0.2, 0) is 4.79 Å². The Kier molecular flexibility index (Phi) is 4.71. The molecule has 0 aliphatic heterocycles. The van der Waals surface area contributed by atoms with Crippen molar-refractivity contribution in [3.05, 3.63) is 28.5 Å². The van der Waals surface area contributed by atoms with Crippen LogP contribution < -0.4 is 10.6 Å². The first-order valence-corrected chi connectivity index (χ1v) is 10.6. The Morgan fingerprint density at radius 1 is 1.28 bits per heavy atom. The van der Waals surface area contributed by atoms with Gasteiger partial charge in [-0.3, -0.25) is 10.1 Å². The summed E-state index contributed by atoms with van der Waals surface area (Å²) in [6.45, 7) is 2.26. The second-order valence-electron chi connectivity index (χ2n) is 8.31. The molecule has 3 nitrogen and oxygen atoms in total. The Morgan fingerprint density at radius 3 is 2.48 bits per heavy atom.